The highest BCUT2D eigenvalue weighted by Gasteiger charge is 2.21. The molecule has 0 unspecified atom stereocenters. The van der Waals surface area contributed by atoms with Crippen LogP contribution in [0.25, 0.3) is 68.7 Å². The Hall–Kier alpha value is -10.9. The summed E-state index contributed by atoms with van der Waals surface area (Å²) in [6, 6.07) is 22.6. The van der Waals surface area contributed by atoms with Gasteiger partial charge >= 0.3 is 0 Å². The van der Waals surface area contributed by atoms with E-state index in [4.69, 9.17) is 25.0 Å². The maximum atomic E-state index is 14.0. The zero-order valence-electron chi connectivity index (χ0n) is 40.1. The summed E-state index contributed by atoms with van der Waals surface area (Å²) < 4.78 is 114. The first-order chi connectivity index (χ1) is 38.2. The predicted molar refractivity (Wildman–Crippen MR) is 264 cm³/mol. The van der Waals surface area contributed by atoms with Gasteiger partial charge in [0.2, 0.25) is 5.82 Å². The molecule has 0 atom stereocenters. The molecule has 0 fully saturated rings. The maximum Gasteiger partial charge on any atom is 0.287 e. The van der Waals surface area contributed by atoms with Gasteiger partial charge < -0.3 is 30.0 Å². The summed E-state index contributed by atoms with van der Waals surface area (Å²) in [5, 5.41) is 24.7. The summed E-state index contributed by atoms with van der Waals surface area (Å²) in [5.41, 5.74) is 14.9. The third-order valence-electron chi connectivity index (χ3n) is 11.2. The van der Waals surface area contributed by atoms with E-state index in [2.05, 4.69) is 60.7 Å². The maximum absolute atomic E-state index is 14.0. The summed E-state index contributed by atoms with van der Waals surface area (Å²) in [6.07, 6.45) is 7.97. The molecule has 3 aromatic carbocycles. The number of halogens is 7. The van der Waals surface area contributed by atoms with E-state index in [-0.39, 0.29) is 47.8 Å². The van der Waals surface area contributed by atoms with Crippen molar-refractivity contribution in [3.63, 3.8) is 0 Å². The van der Waals surface area contributed by atoms with E-state index in [1.165, 1.54) is 63.4 Å². The van der Waals surface area contributed by atoms with Crippen molar-refractivity contribution in [2.24, 2.45) is 0 Å². The van der Waals surface area contributed by atoms with E-state index >= 15 is 0 Å². The lowest BCUT2D eigenvalue weighted by atomic mass is 10.2. The quantitative estimate of drug-likeness (QED) is 0.0966. The minimum Gasteiger partial charge on any atom is -0.384 e. The minimum atomic E-state index is -1.03. The van der Waals surface area contributed by atoms with E-state index in [9.17, 15) is 35.5 Å². The number of nitrogens with zero attached hydrogens (tertiary/aromatic N) is 14. The molecule has 0 saturated heterocycles. The third kappa shape index (κ3) is 12.0. The zero-order valence-corrected chi connectivity index (χ0v) is 40.1. The average Bonchev–Trinajstić information content (AvgIpc) is 4.43. The van der Waals surface area contributed by atoms with E-state index in [0.717, 1.165) is 48.7 Å². The van der Waals surface area contributed by atoms with Crippen LogP contribution in [0.5, 0.6) is 0 Å². The van der Waals surface area contributed by atoms with Crippen LogP contribution in [0.3, 0.4) is 0 Å². The fourth-order valence-corrected chi connectivity index (χ4v) is 7.56. The number of aromatic nitrogens is 15. The van der Waals surface area contributed by atoms with Gasteiger partial charge in [0.25, 0.3) is 5.56 Å². The second kappa shape index (κ2) is 22.5. The molecule has 0 bridgehead atoms. The Labute approximate surface area is 437 Å². The van der Waals surface area contributed by atoms with Crippen LogP contribution in [0.4, 0.5) is 42.4 Å². The summed E-state index contributed by atoms with van der Waals surface area (Å²) in [6.45, 7) is -0.0536. The molecule has 0 amide bonds. The van der Waals surface area contributed by atoms with E-state index < -0.39 is 46.3 Å². The first-order valence-corrected chi connectivity index (χ1v) is 22.9. The van der Waals surface area contributed by atoms with Gasteiger partial charge in [0.05, 0.1) is 42.9 Å². The highest BCUT2D eigenvalue weighted by molar-refractivity contribution is 5.65. The van der Waals surface area contributed by atoms with E-state index in [0.29, 0.717) is 68.8 Å². The first-order valence-electron chi connectivity index (χ1n) is 22.9. The van der Waals surface area contributed by atoms with Gasteiger partial charge in [-0.05, 0) is 72.8 Å². The fraction of sp³-hybridized carbons (Fsp3) is 0.0588. The molecule has 396 valence electrons. The highest BCUT2D eigenvalue weighted by atomic mass is 19.2. The van der Waals surface area contributed by atoms with Gasteiger partial charge in [-0.25, -0.2) is 51.3 Å². The van der Waals surface area contributed by atoms with Crippen LogP contribution in [0, 0.1) is 40.7 Å². The van der Waals surface area contributed by atoms with Gasteiger partial charge in [-0.3, -0.25) is 18.8 Å². The molecule has 0 aliphatic carbocycles. The SMILES string of the molecule is Nc1ccnc(-c2cc(-c3ccon3)n(Cc3cc(F)ccc3F)n2)n1.Nc1ccnc(-c2cc(-c3ccon3)n(Cc3ccc(F)cc3F)n2)n1.O=c1[nH]c(-c2cc(-c3ccon3)n(Cc3cc(F)ccc3F)n2)ncc1F. The number of anilines is 2. The standard InChI is InChI=1S/C17H10F3N5O2.2C17H12F2N6O/c18-10-1-2-11(19)9(5-10)8-25-15(13-3-4-27-24-13)6-14(23-25)16-21-7-12(20)17(26)22-16;18-11-1-2-12(19)10(7-11)9-25-15(13-4-6-26-24-13)8-14(23-25)17-21-5-3-16(20)22-17;18-11-2-1-10(12(19)7-11)9-25-15(13-4-6-26-24-13)8-14(23-25)17-21-5-3-16(20)22-17/h1-7H,8H2,(H,21,22,26);2*1-8H,9H2,(H2,20,21,22). The number of H-pyrrole nitrogens is 1. The smallest absolute Gasteiger partial charge is 0.287 e. The summed E-state index contributed by atoms with van der Waals surface area (Å²) in [5.74, 6) is -3.33. The Morgan fingerprint density at radius 3 is 1.30 bits per heavy atom. The monoisotopic (exact) mass is 1080 g/mol. The normalized spacial score (nSPS) is 11.0. The van der Waals surface area contributed by atoms with Gasteiger partial charge in [-0.2, -0.15) is 19.7 Å². The van der Waals surface area contributed by atoms with Gasteiger partial charge in [0.1, 0.15) is 99.5 Å². The number of benzene rings is 3. The van der Waals surface area contributed by atoms with Crippen LogP contribution < -0.4 is 17.0 Å². The van der Waals surface area contributed by atoms with Crippen LogP contribution >= 0.6 is 0 Å². The topological polar surface area (TPSA) is 281 Å². The molecule has 12 aromatic rings. The van der Waals surface area contributed by atoms with Crippen molar-refractivity contribution in [1.82, 2.24) is 74.7 Å². The van der Waals surface area contributed by atoms with Crippen molar-refractivity contribution >= 4 is 11.6 Å². The molecule has 0 saturated carbocycles. The van der Waals surface area contributed by atoms with Crippen LogP contribution in [0.1, 0.15) is 16.7 Å². The molecular weight excluding hydrogens is 1050 g/mol. The Balaban J connectivity index is 0.000000134. The number of aromatic amines is 1. The molecule has 0 radical (unpaired) electrons. The lowest BCUT2D eigenvalue weighted by Crippen LogP contribution is -2.12. The van der Waals surface area contributed by atoms with Gasteiger partial charge in [-0.15, -0.1) is 0 Å². The minimum absolute atomic E-state index is 0.00585. The first kappa shape index (κ1) is 51.6. The van der Waals surface area contributed by atoms with Crippen molar-refractivity contribution < 1.29 is 44.3 Å². The average molecular weight is 1080 g/mol. The zero-order chi connectivity index (χ0) is 55.2. The number of hydrogen-bond acceptors (Lipinski definition) is 17. The van der Waals surface area contributed by atoms with Crippen molar-refractivity contribution in [3.05, 3.63) is 208 Å². The molecule has 0 aliphatic heterocycles. The molecular formula is C51H34F7N17O4. The Morgan fingerprint density at radius 1 is 0.443 bits per heavy atom. The number of nitrogen functional groups attached to an aromatic ring is 2. The van der Waals surface area contributed by atoms with Crippen LogP contribution in [0.2, 0.25) is 0 Å². The Bertz CT molecular complexity index is 4130. The van der Waals surface area contributed by atoms with Crippen molar-refractivity contribution in [2.75, 3.05) is 11.5 Å². The molecule has 0 spiro atoms. The third-order valence-corrected chi connectivity index (χ3v) is 11.2. The van der Waals surface area contributed by atoms with Gasteiger partial charge in [-0.1, -0.05) is 21.5 Å². The predicted octanol–water partition coefficient (Wildman–Crippen LogP) is 8.56. The largest absolute Gasteiger partial charge is 0.384 e. The lowest BCUT2D eigenvalue weighted by molar-refractivity contribution is 0.421. The van der Waals surface area contributed by atoms with Crippen LogP contribution in [0.15, 0.2) is 159 Å². The molecule has 9 aromatic heterocycles. The van der Waals surface area contributed by atoms with E-state index in [1.54, 1.807) is 42.5 Å². The molecule has 21 nitrogen and oxygen atoms in total. The van der Waals surface area contributed by atoms with Crippen molar-refractivity contribution in [2.45, 2.75) is 19.6 Å². The molecule has 0 aliphatic rings. The van der Waals surface area contributed by atoms with E-state index in [1.807, 2.05) is 0 Å². The van der Waals surface area contributed by atoms with Crippen molar-refractivity contribution in [3.8, 4) is 68.7 Å². The molecule has 9 heterocycles. The number of nitrogens with two attached hydrogens (primary N) is 2. The second-order valence-electron chi connectivity index (χ2n) is 16.6. The number of rotatable bonds is 12. The van der Waals surface area contributed by atoms with Gasteiger partial charge in [0.15, 0.2) is 17.5 Å². The summed E-state index contributed by atoms with van der Waals surface area (Å²) in [4.78, 5) is 34.1. The van der Waals surface area contributed by atoms with Gasteiger partial charge in [0, 0.05) is 53.3 Å². The second-order valence-corrected chi connectivity index (χ2v) is 16.6. The Kier molecular flexibility index (Phi) is 14.7. The van der Waals surface area contributed by atoms with Crippen molar-refractivity contribution in [1.29, 1.82) is 0 Å². The highest BCUT2D eigenvalue weighted by Crippen LogP contribution is 2.28. The lowest BCUT2D eigenvalue weighted by Gasteiger charge is -2.07. The summed E-state index contributed by atoms with van der Waals surface area (Å²) in [7, 11) is 0. The Morgan fingerprint density at radius 2 is 0.873 bits per heavy atom. The molecule has 12 rings (SSSR count). The number of nitrogens with one attached hydrogen (secondary N) is 1. The fourth-order valence-electron chi connectivity index (χ4n) is 7.56. The summed E-state index contributed by atoms with van der Waals surface area (Å²) >= 11 is 0. The number of hydrogen-bond donors (Lipinski definition) is 3. The molecule has 28 heteroatoms. The van der Waals surface area contributed by atoms with Crippen LogP contribution in [-0.2, 0) is 19.6 Å². The molecule has 79 heavy (non-hydrogen) atoms. The molecule has 5 N–H and O–H groups in total. The van der Waals surface area contributed by atoms with Crippen LogP contribution in [-0.4, -0.2) is 74.7 Å².